The molecule has 1 atom stereocenters. The monoisotopic (exact) mass is 461 g/mol. The molecule has 0 aromatic heterocycles. The Morgan fingerprint density at radius 3 is 2.52 bits per heavy atom. The topological polar surface area (TPSA) is 71.1 Å². The second kappa shape index (κ2) is 9.98. The van der Waals surface area contributed by atoms with Gasteiger partial charge < -0.3 is 19.7 Å². The van der Waals surface area contributed by atoms with Crippen LogP contribution in [0.5, 0.6) is 11.5 Å². The predicted molar refractivity (Wildman–Crippen MR) is 124 cm³/mol. The fourth-order valence-electron chi connectivity index (χ4n) is 3.48. The smallest absolute Gasteiger partial charge is 0.252 e. The first kappa shape index (κ1) is 22.8. The lowest BCUT2D eigenvalue weighted by Crippen LogP contribution is -2.37. The largest absolute Gasteiger partial charge is 0.493 e. The number of carbonyl (C=O) groups excluding carboxylic acids is 2. The van der Waals surface area contributed by atoms with Crippen molar-refractivity contribution in [1.82, 2.24) is 9.80 Å². The van der Waals surface area contributed by atoms with Crippen LogP contribution in [0.25, 0.3) is 0 Å². The van der Waals surface area contributed by atoms with Crippen LogP contribution in [0.15, 0.2) is 42.5 Å². The highest BCUT2D eigenvalue weighted by Gasteiger charge is 2.42. The van der Waals surface area contributed by atoms with Gasteiger partial charge in [0.1, 0.15) is 6.04 Å². The molecule has 1 saturated heterocycles. The molecule has 7 nitrogen and oxygen atoms in total. The van der Waals surface area contributed by atoms with Gasteiger partial charge in [-0.05, 0) is 49.0 Å². The van der Waals surface area contributed by atoms with E-state index in [-0.39, 0.29) is 18.2 Å². The summed E-state index contributed by atoms with van der Waals surface area (Å²) in [5.41, 5.74) is 1.38. The Hall–Kier alpha value is -2.84. The summed E-state index contributed by atoms with van der Waals surface area (Å²) in [5, 5.41) is 3.61. The highest BCUT2D eigenvalue weighted by molar-refractivity contribution is 7.80. The first-order valence-electron chi connectivity index (χ1n) is 9.76. The summed E-state index contributed by atoms with van der Waals surface area (Å²) in [6.07, 6.45) is -0.0476. The van der Waals surface area contributed by atoms with Gasteiger partial charge in [0.15, 0.2) is 16.6 Å². The Morgan fingerprint density at radius 1 is 1.16 bits per heavy atom. The number of halogens is 1. The molecule has 2 aromatic rings. The summed E-state index contributed by atoms with van der Waals surface area (Å²) in [6.45, 7) is 2.64. The number of likely N-dealkylation sites (N-methyl/N-ethyl adjacent to an activating group) is 1. The average molecular weight is 462 g/mol. The molecule has 0 spiro atoms. The highest BCUT2D eigenvalue weighted by atomic mass is 35.5. The van der Waals surface area contributed by atoms with Crippen molar-refractivity contribution in [3.63, 3.8) is 0 Å². The molecule has 0 saturated carbocycles. The number of para-hydroxylation sites is 1. The van der Waals surface area contributed by atoms with Crippen molar-refractivity contribution in [2.45, 2.75) is 25.9 Å². The molecule has 2 amide bonds. The number of amides is 2. The van der Waals surface area contributed by atoms with Gasteiger partial charge in [0.25, 0.3) is 5.91 Å². The Kier molecular flexibility index (Phi) is 7.35. The third kappa shape index (κ3) is 4.91. The zero-order valence-corrected chi connectivity index (χ0v) is 19.1. The fourth-order valence-corrected chi connectivity index (χ4v) is 4.07. The number of nitrogens with one attached hydrogen (secondary N) is 1. The number of hydrogen-bond donors (Lipinski definition) is 1. The van der Waals surface area contributed by atoms with Gasteiger partial charge in [-0.1, -0.05) is 29.8 Å². The normalized spacial score (nSPS) is 15.9. The lowest BCUT2D eigenvalue weighted by Gasteiger charge is -2.24. The SMILES string of the molecule is CCN1C(=O)C(CC(=O)Nc2ccccc2Cl)N(Cc2ccc(OC)c(OC)c2)C1=S. The third-order valence-electron chi connectivity index (χ3n) is 5.05. The molecule has 31 heavy (non-hydrogen) atoms. The Labute approximate surface area is 191 Å². The molecule has 1 unspecified atom stereocenters. The second-order valence-corrected chi connectivity index (χ2v) is 7.70. The van der Waals surface area contributed by atoms with Gasteiger partial charge in [0.05, 0.1) is 31.4 Å². The summed E-state index contributed by atoms with van der Waals surface area (Å²) in [5.74, 6) is 0.681. The standard InChI is InChI=1S/C22H24ClN3O4S/c1-4-25-21(28)17(12-20(27)24-16-8-6-5-7-15(16)23)26(22(25)31)13-14-9-10-18(29-2)19(11-14)30-3/h5-11,17H,4,12-13H2,1-3H3,(H,24,27). The van der Waals surface area contributed by atoms with E-state index in [0.717, 1.165) is 5.56 Å². The zero-order chi connectivity index (χ0) is 22.5. The molecule has 1 N–H and O–H groups in total. The Balaban J connectivity index is 1.81. The van der Waals surface area contributed by atoms with Crippen molar-refractivity contribution in [3.05, 3.63) is 53.1 Å². The van der Waals surface area contributed by atoms with Gasteiger partial charge in [0, 0.05) is 13.1 Å². The van der Waals surface area contributed by atoms with Crippen LogP contribution in [-0.4, -0.2) is 53.5 Å². The quantitative estimate of drug-likeness (QED) is 0.604. The van der Waals surface area contributed by atoms with Gasteiger partial charge in [0.2, 0.25) is 5.91 Å². The average Bonchev–Trinajstić information content (AvgIpc) is 2.98. The minimum Gasteiger partial charge on any atom is -0.493 e. The molecule has 2 aromatic carbocycles. The van der Waals surface area contributed by atoms with Gasteiger partial charge >= 0.3 is 0 Å². The molecule has 164 valence electrons. The maximum atomic E-state index is 13.0. The van der Waals surface area contributed by atoms with Crippen LogP contribution in [0.4, 0.5) is 5.69 Å². The minimum atomic E-state index is -0.706. The van der Waals surface area contributed by atoms with Crippen LogP contribution in [0.1, 0.15) is 18.9 Å². The van der Waals surface area contributed by atoms with Crippen LogP contribution in [-0.2, 0) is 16.1 Å². The molecule has 0 bridgehead atoms. The van der Waals surface area contributed by atoms with Crippen molar-refractivity contribution in [3.8, 4) is 11.5 Å². The molecule has 3 rings (SSSR count). The molecule has 0 aliphatic carbocycles. The van der Waals surface area contributed by atoms with Crippen LogP contribution >= 0.6 is 23.8 Å². The Morgan fingerprint density at radius 2 is 1.87 bits per heavy atom. The number of thiocarbonyl (C=S) groups is 1. The zero-order valence-electron chi connectivity index (χ0n) is 17.6. The van der Waals surface area contributed by atoms with E-state index >= 15 is 0 Å². The molecule has 9 heteroatoms. The van der Waals surface area contributed by atoms with Crippen LogP contribution in [0.3, 0.4) is 0 Å². The highest BCUT2D eigenvalue weighted by Crippen LogP contribution is 2.30. The Bertz CT molecular complexity index is 1000. The number of benzene rings is 2. The van der Waals surface area contributed by atoms with Crippen molar-refractivity contribution in [2.24, 2.45) is 0 Å². The van der Waals surface area contributed by atoms with Gasteiger partial charge in [-0.2, -0.15) is 0 Å². The lowest BCUT2D eigenvalue weighted by molar-refractivity contribution is -0.130. The number of anilines is 1. The van der Waals surface area contributed by atoms with E-state index in [1.165, 1.54) is 4.90 Å². The number of methoxy groups -OCH3 is 2. The van der Waals surface area contributed by atoms with E-state index in [4.69, 9.17) is 33.3 Å². The van der Waals surface area contributed by atoms with Gasteiger partial charge in [-0.3, -0.25) is 14.5 Å². The molecular weight excluding hydrogens is 438 g/mol. The van der Waals surface area contributed by atoms with Crippen molar-refractivity contribution in [2.75, 3.05) is 26.1 Å². The maximum Gasteiger partial charge on any atom is 0.252 e. The van der Waals surface area contributed by atoms with Crippen molar-refractivity contribution in [1.29, 1.82) is 0 Å². The molecular formula is C22H24ClN3O4S. The van der Waals surface area contributed by atoms with Gasteiger partial charge in [-0.25, -0.2) is 0 Å². The number of nitrogens with zero attached hydrogens (tertiary/aromatic N) is 2. The predicted octanol–water partition coefficient (Wildman–Crippen LogP) is 3.70. The molecule has 1 heterocycles. The summed E-state index contributed by atoms with van der Waals surface area (Å²) >= 11 is 11.7. The van der Waals surface area contributed by atoms with Crippen LogP contribution in [0, 0.1) is 0 Å². The van der Waals surface area contributed by atoms with E-state index < -0.39 is 6.04 Å². The number of hydrogen-bond acceptors (Lipinski definition) is 5. The summed E-state index contributed by atoms with van der Waals surface area (Å²) < 4.78 is 10.7. The van der Waals surface area contributed by atoms with Crippen molar-refractivity contribution < 1.29 is 19.1 Å². The number of rotatable bonds is 8. The maximum absolute atomic E-state index is 13.0. The lowest BCUT2D eigenvalue weighted by atomic mass is 10.1. The summed E-state index contributed by atoms with van der Waals surface area (Å²) in [6, 6.07) is 11.8. The van der Waals surface area contributed by atoms with E-state index in [1.807, 2.05) is 19.1 Å². The molecule has 0 radical (unpaired) electrons. The van der Waals surface area contributed by atoms with Crippen LogP contribution in [0.2, 0.25) is 5.02 Å². The fraction of sp³-hybridized carbons (Fsp3) is 0.318. The van der Waals surface area contributed by atoms with Crippen LogP contribution < -0.4 is 14.8 Å². The first-order chi connectivity index (χ1) is 14.9. The second-order valence-electron chi connectivity index (χ2n) is 6.93. The molecule has 1 aliphatic heterocycles. The third-order valence-corrected chi connectivity index (χ3v) is 5.83. The number of ether oxygens (including phenoxy) is 2. The van der Waals surface area contributed by atoms with E-state index in [1.54, 1.807) is 49.5 Å². The summed E-state index contributed by atoms with van der Waals surface area (Å²) in [7, 11) is 3.13. The molecule has 1 fully saturated rings. The summed E-state index contributed by atoms with van der Waals surface area (Å²) in [4.78, 5) is 29.0. The van der Waals surface area contributed by atoms with E-state index in [2.05, 4.69) is 5.32 Å². The first-order valence-corrected chi connectivity index (χ1v) is 10.6. The van der Waals surface area contributed by atoms with Gasteiger partial charge in [-0.15, -0.1) is 0 Å². The minimum absolute atomic E-state index is 0.0476. The number of carbonyl (C=O) groups is 2. The van der Waals surface area contributed by atoms with E-state index in [9.17, 15) is 9.59 Å². The van der Waals surface area contributed by atoms with Crippen molar-refractivity contribution >= 4 is 46.4 Å². The molecule has 1 aliphatic rings. The van der Waals surface area contributed by atoms with E-state index in [0.29, 0.717) is 40.4 Å².